The Morgan fingerprint density at radius 2 is 2.10 bits per heavy atom. The van der Waals surface area contributed by atoms with Gasteiger partial charge in [-0.2, -0.15) is 0 Å². The normalized spacial score (nSPS) is 11.0. The van der Waals surface area contributed by atoms with E-state index in [0.29, 0.717) is 12.1 Å². The Morgan fingerprint density at radius 1 is 1.38 bits per heavy atom. The molecule has 0 saturated carbocycles. The SMILES string of the molecule is CCOC(=O)Cn1c(C(C)C)nc2cc(C(=O)O)ccc21. The molecule has 21 heavy (non-hydrogen) atoms. The van der Waals surface area contributed by atoms with E-state index in [1.807, 2.05) is 13.8 Å². The van der Waals surface area contributed by atoms with E-state index in [4.69, 9.17) is 9.84 Å². The van der Waals surface area contributed by atoms with Crippen molar-refractivity contribution < 1.29 is 19.4 Å². The number of carboxylic acid groups (broad SMARTS) is 1. The number of rotatable bonds is 5. The third-order valence-electron chi connectivity index (χ3n) is 3.13. The van der Waals surface area contributed by atoms with E-state index < -0.39 is 5.97 Å². The highest BCUT2D eigenvalue weighted by molar-refractivity contribution is 5.92. The van der Waals surface area contributed by atoms with Gasteiger partial charge in [0, 0.05) is 5.92 Å². The zero-order valence-corrected chi connectivity index (χ0v) is 12.3. The Balaban J connectivity index is 2.52. The predicted octanol–water partition coefficient (Wildman–Crippen LogP) is 2.42. The molecule has 6 heteroatoms. The molecule has 0 saturated heterocycles. The minimum absolute atomic E-state index is 0.0737. The van der Waals surface area contributed by atoms with Crippen molar-refractivity contribution in [3.05, 3.63) is 29.6 Å². The van der Waals surface area contributed by atoms with Crippen LogP contribution in [0.25, 0.3) is 11.0 Å². The Morgan fingerprint density at radius 3 is 2.67 bits per heavy atom. The van der Waals surface area contributed by atoms with Crippen molar-refractivity contribution in [3.63, 3.8) is 0 Å². The van der Waals surface area contributed by atoms with E-state index in [9.17, 15) is 9.59 Å². The zero-order valence-electron chi connectivity index (χ0n) is 12.3. The maximum atomic E-state index is 11.7. The first kappa shape index (κ1) is 15.0. The number of benzene rings is 1. The van der Waals surface area contributed by atoms with Gasteiger partial charge in [0.25, 0.3) is 0 Å². The van der Waals surface area contributed by atoms with E-state index >= 15 is 0 Å². The van der Waals surface area contributed by atoms with Gasteiger partial charge in [-0.05, 0) is 25.1 Å². The molecular weight excluding hydrogens is 272 g/mol. The fraction of sp³-hybridized carbons (Fsp3) is 0.400. The number of nitrogens with zero attached hydrogens (tertiary/aromatic N) is 2. The number of imidazole rings is 1. The first-order valence-electron chi connectivity index (χ1n) is 6.83. The molecule has 0 spiro atoms. The van der Waals surface area contributed by atoms with Crippen LogP contribution in [0.5, 0.6) is 0 Å². The van der Waals surface area contributed by atoms with Gasteiger partial charge < -0.3 is 14.4 Å². The quantitative estimate of drug-likeness (QED) is 0.855. The molecule has 0 aliphatic rings. The van der Waals surface area contributed by atoms with E-state index in [-0.39, 0.29) is 24.0 Å². The number of ether oxygens (including phenoxy) is 1. The van der Waals surface area contributed by atoms with Gasteiger partial charge >= 0.3 is 11.9 Å². The summed E-state index contributed by atoms with van der Waals surface area (Å²) in [7, 11) is 0. The van der Waals surface area contributed by atoms with Crippen molar-refractivity contribution in [2.45, 2.75) is 33.2 Å². The average Bonchev–Trinajstić information content (AvgIpc) is 2.77. The largest absolute Gasteiger partial charge is 0.478 e. The molecule has 2 rings (SSSR count). The van der Waals surface area contributed by atoms with Crippen LogP contribution < -0.4 is 0 Å². The van der Waals surface area contributed by atoms with Crippen LogP contribution in [0.15, 0.2) is 18.2 Å². The Bertz CT molecular complexity index is 688. The molecule has 112 valence electrons. The Kier molecular flexibility index (Phi) is 4.26. The van der Waals surface area contributed by atoms with Crippen molar-refractivity contribution in [2.75, 3.05) is 6.61 Å². The molecule has 1 N–H and O–H groups in total. The maximum Gasteiger partial charge on any atom is 0.335 e. The highest BCUT2D eigenvalue weighted by Crippen LogP contribution is 2.23. The molecule has 0 radical (unpaired) electrons. The summed E-state index contributed by atoms with van der Waals surface area (Å²) in [4.78, 5) is 27.2. The average molecular weight is 290 g/mol. The molecule has 0 bridgehead atoms. The van der Waals surface area contributed by atoms with Crippen molar-refractivity contribution in [1.82, 2.24) is 9.55 Å². The fourth-order valence-electron chi connectivity index (χ4n) is 2.22. The van der Waals surface area contributed by atoms with E-state index in [2.05, 4.69) is 4.98 Å². The molecular formula is C15H18N2O4. The van der Waals surface area contributed by atoms with Crippen LogP contribution in [0, 0.1) is 0 Å². The van der Waals surface area contributed by atoms with Crippen LogP contribution in [-0.2, 0) is 16.1 Å². The molecule has 6 nitrogen and oxygen atoms in total. The monoisotopic (exact) mass is 290 g/mol. The summed E-state index contributed by atoms with van der Waals surface area (Å²) in [5.74, 6) is -0.482. The second kappa shape index (κ2) is 5.95. The lowest BCUT2D eigenvalue weighted by atomic mass is 10.2. The summed E-state index contributed by atoms with van der Waals surface area (Å²) in [6.45, 7) is 6.10. The number of carbonyl (C=O) groups is 2. The molecule has 0 fully saturated rings. The van der Waals surface area contributed by atoms with E-state index in [1.165, 1.54) is 12.1 Å². The molecule has 0 atom stereocenters. The topological polar surface area (TPSA) is 81.4 Å². The molecule has 1 heterocycles. The van der Waals surface area contributed by atoms with Crippen molar-refractivity contribution in [3.8, 4) is 0 Å². The van der Waals surface area contributed by atoms with Crippen LogP contribution in [0.3, 0.4) is 0 Å². The van der Waals surface area contributed by atoms with Crippen molar-refractivity contribution >= 4 is 23.0 Å². The summed E-state index contributed by atoms with van der Waals surface area (Å²) in [6.07, 6.45) is 0. The zero-order chi connectivity index (χ0) is 15.6. The van der Waals surface area contributed by atoms with Crippen LogP contribution >= 0.6 is 0 Å². The third kappa shape index (κ3) is 3.04. The minimum Gasteiger partial charge on any atom is -0.478 e. The smallest absolute Gasteiger partial charge is 0.335 e. The molecule has 0 unspecified atom stereocenters. The van der Waals surface area contributed by atoms with Gasteiger partial charge in [-0.3, -0.25) is 4.79 Å². The number of aromatic nitrogens is 2. The van der Waals surface area contributed by atoms with E-state index in [0.717, 1.165) is 11.3 Å². The lowest BCUT2D eigenvalue weighted by Crippen LogP contribution is -2.16. The number of carboxylic acids is 1. The molecule has 0 aliphatic carbocycles. The Labute approximate surface area is 122 Å². The minimum atomic E-state index is -0.997. The second-order valence-electron chi connectivity index (χ2n) is 5.02. The highest BCUT2D eigenvalue weighted by atomic mass is 16.5. The summed E-state index contributed by atoms with van der Waals surface area (Å²) < 4.78 is 6.76. The van der Waals surface area contributed by atoms with Gasteiger partial charge in [-0.25, -0.2) is 9.78 Å². The lowest BCUT2D eigenvalue weighted by Gasteiger charge is -2.10. The third-order valence-corrected chi connectivity index (χ3v) is 3.13. The van der Waals surface area contributed by atoms with Gasteiger partial charge in [-0.1, -0.05) is 13.8 Å². The predicted molar refractivity (Wildman–Crippen MR) is 77.4 cm³/mol. The highest BCUT2D eigenvalue weighted by Gasteiger charge is 2.17. The fourth-order valence-corrected chi connectivity index (χ4v) is 2.22. The van der Waals surface area contributed by atoms with Crippen LogP contribution in [0.4, 0.5) is 0 Å². The number of carbonyl (C=O) groups excluding carboxylic acids is 1. The molecule has 1 aromatic heterocycles. The molecule has 0 amide bonds. The van der Waals surface area contributed by atoms with Gasteiger partial charge in [-0.15, -0.1) is 0 Å². The van der Waals surface area contributed by atoms with Crippen LogP contribution in [-0.4, -0.2) is 33.2 Å². The van der Waals surface area contributed by atoms with Crippen LogP contribution in [0.1, 0.15) is 42.9 Å². The first-order chi connectivity index (χ1) is 9.93. The number of hydrogen-bond donors (Lipinski definition) is 1. The number of fused-ring (bicyclic) bond motifs is 1. The number of hydrogen-bond acceptors (Lipinski definition) is 4. The van der Waals surface area contributed by atoms with Crippen molar-refractivity contribution in [2.24, 2.45) is 0 Å². The molecule has 0 aliphatic heterocycles. The lowest BCUT2D eigenvalue weighted by molar-refractivity contribution is -0.143. The molecule has 1 aromatic carbocycles. The standard InChI is InChI=1S/C15H18N2O4/c1-4-21-13(18)8-17-12-6-5-10(15(19)20)7-11(12)16-14(17)9(2)3/h5-7,9H,4,8H2,1-3H3,(H,19,20). The summed E-state index contributed by atoms with van der Waals surface area (Å²) >= 11 is 0. The Hall–Kier alpha value is -2.37. The first-order valence-corrected chi connectivity index (χ1v) is 6.83. The number of esters is 1. The summed E-state index contributed by atoms with van der Waals surface area (Å²) in [6, 6.07) is 4.71. The number of aromatic carboxylic acids is 1. The van der Waals surface area contributed by atoms with Gasteiger partial charge in [0.2, 0.25) is 0 Å². The van der Waals surface area contributed by atoms with Gasteiger partial charge in [0.1, 0.15) is 12.4 Å². The van der Waals surface area contributed by atoms with Gasteiger partial charge in [0.15, 0.2) is 0 Å². The summed E-state index contributed by atoms with van der Waals surface area (Å²) in [5, 5.41) is 9.04. The van der Waals surface area contributed by atoms with Crippen molar-refractivity contribution in [1.29, 1.82) is 0 Å². The maximum absolute atomic E-state index is 11.7. The van der Waals surface area contributed by atoms with Gasteiger partial charge in [0.05, 0.1) is 23.2 Å². The van der Waals surface area contributed by atoms with E-state index in [1.54, 1.807) is 17.6 Å². The second-order valence-corrected chi connectivity index (χ2v) is 5.02. The molecule has 2 aromatic rings. The van der Waals surface area contributed by atoms with Crippen LogP contribution in [0.2, 0.25) is 0 Å². The summed E-state index contributed by atoms with van der Waals surface area (Å²) in [5.41, 5.74) is 1.48.